The zero-order chi connectivity index (χ0) is 15.6. The average Bonchev–Trinajstić information content (AvgIpc) is 2.72. The van der Waals surface area contributed by atoms with Gasteiger partial charge in [0.1, 0.15) is 12.4 Å². The molecule has 1 aromatic carbocycles. The van der Waals surface area contributed by atoms with Crippen LogP contribution in [0, 0.1) is 6.92 Å². The molecule has 0 aliphatic heterocycles. The maximum atomic E-state index is 6.28. The molecule has 0 bridgehead atoms. The first-order valence-corrected chi connectivity index (χ1v) is 7.59. The minimum Gasteiger partial charge on any atom is -0.487 e. The normalized spacial score (nSPS) is 12.5. The molecule has 1 atom stereocenters. The summed E-state index contributed by atoms with van der Waals surface area (Å²) in [7, 11) is 0. The van der Waals surface area contributed by atoms with E-state index in [0.717, 1.165) is 23.5 Å². The molecular weight excluding hydrogens is 309 g/mol. The van der Waals surface area contributed by atoms with Crippen molar-refractivity contribution in [1.82, 2.24) is 9.78 Å². The standard InChI is InChI=1S/C15H19Cl2N3O/c1-4-20-13(15(17)10(3)19-20)8-21-14-6-5-11(16)7-12(14)9(2)18/h5-7,9H,4,8,18H2,1-3H3/t9-/m1/s1. The van der Waals surface area contributed by atoms with E-state index in [1.165, 1.54) is 0 Å². The Bertz CT molecular complexity index is 638. The van der Waals surface area contributed by atoms with Crippen LogP contribution in [0.5, 0.6) is 5.75 Å². The predicted molar refractivity (Wildman–Crippen MR) is 86.0 cm³/mol. The molecule has 0 radical (unpaired) electrons. The molecule has 21 heavy (non-hydrogen) atoms. The molecule has 0 fully saturated rings. The van der Waals surface area contributed by atoms with Crippen molar-refractivity contribution < 1.29 is 4.74 Å². The zero-order valence-corrected chi connectivity index (χ0v) is 13.9. The lowest BCUT2D eigenvalue weighted by molar-refractivity contribution is 0.288. The Morgan fingerprint density at radius 3 is 2.71 bits per heavy atom. The van der Waals surface area contributed by atoms with E-state index in [2.05, 4.69) is 5.10 Å². The Hall–Kier alpha value is -1.23. The van der Waals surface area contributed by atoms with E-state index in [0.29, 0.717) is 22.4 Å². The minimum atomic E-state index is -0.160. The summed E-state index contributed by atoms with van der Waals surface area (Å²) in [5.41, 5.74) is 8.50. The Labute approximate surface area is 134 Å². The van der Waals surface area contributed by atoms with Crippen LogP contribution < -0.4 is 10.5 Å². The van der Waals surface area contributed by atoms with Gasteiger partial charge in [0.15, 0.2) is 0 Å². The van der Waals surface area contributed by atoms with Gasteiger partial charge in [-0.3, -0.25) is 4.68 Å². The van der Waals surface area contributed by atoms with E-state index in [9.17, 15) is 0 Å². The lowest BCUT2D eigenvalue weighted by atomic mass is 10.1. The number of aryl methyl sites for hydroxylation is 2. The predicted octanol–water partition coefficient (Wildman–Crippen LogP) is 4.12. The molecule has 6 heteroatoms. The van der Waals surface area contributed by atoms with Crippen molar-refractivity contribution in [1.29, 1.82) is 0 Å². The lowest BCUT2D eigenvalue weighted by Gasteiger charge is -2.15. The van der Waals surface area contributed by atoms with Gasteiger partial charge < -0.3 is 10.5 Å². The molecule has 1 aromatic heterocycles. The van der Waals surface area contributed by atoms with E-state index < -0.39 is 0 Å². The van der Waals surface area contributed by atoms with Gasteiger partial charge in [0.25, 0.3) is 0 Å². The third-order valence-electron chi connectivity index (χ3n) is 3.28. The monoisotopic (exact) mass is 327 g/mol. The van der Waals surface area contributed by atoms with Crippen LogP contribution in [0.1, 0.15) is 36.8 Å². The highest BCUT2D eigenvalue weighted by atomic mass is 35.5. The van der Waals surface area contributed by atoms with Crippen LogP contribution in [0.3, 0.4) is 0 Å². The molecule has 4 nitrogen and oxygen atoms in total. The van der Waals surface area contributed by atoms with Gasteiger partial charge in [-0.1, -0.05) is 23.2 Å². The summed E-state index contributed by atoms with van der Waals surface area (Å²) in [6.45, 7) is 6.88. The number of nitrogens with two attached hydrogens (primary N) is 1. The fourth-order valence-electron chi connectivity index (χ4n) is 2.16. The number of hydrogen-bond donors (Lipinski definition) is 1. The van der Waals surface area contributed by atoms with Crippen LogP contribution in [0.4, 0.5) is 0 Å². The van der Waals surface area contributed by atoms with Crippen LogP contribution in [-0.2, 0) is 13.2 Å². The van der Waals surface area contributed by atoms with Gasteiger partial charge in [-0.05, 0) is 39.0 Å². The molecular formula is C15H19Cl2N3O. The number of hydrogen-bond acceptors (Lipinski definition) is 3. The van der Waals surface area contributed by atoms with Crippen molar-refractivity contribution >= 4 is 23.2 Å². The fraction of sp³-hybridized carbons (Fsp3) is 0.400. The maximum Gasteiger partial charge on any atom is 0.131 e. The molecule has 0 spiro atoms. The molecule has 2 rings (SSSR count). The van der Waals surface area contributed by atoms with Gasteiger partial charge in [0.2, 0.25) is 0 Å². The van der Waals surface area contributed by atoms with E-state index in [1.807, 2.05) is 37.6 Å². The molecule has 0 saturated carbocycles. The Balaban J connectivity index is 2.25. The third kappa shape index (κ3) is 3.51. The second-order valence-corrected chi connectivity index (χ2v) is 5.74. The lowest BCUT2D eigenvalue weighted by Crippen LogP contribution is -2.10. The summed E-state index contributed by atoms with van der Waals surface area (Å²) in [4.78, 5) is 0. The fourth-order valence-corrected chi connectivity index (χ4v) is 2.53. The maximum absolute atomic E-state index is 6.28. The summed E-state index contributed by atoms with van der Waals surface area (Å²) in [5, 5.41) is 5.66. The molecule has 0 amide bonds. The molecule has 2 aromatic rings. The Kier molecular flexibility index (Phi) is 5.14. The first-order valence-electron chi connectivity index (χ1n) is 6.83. The summed E-state index contributed by atoms with van der Waals surface area (Å²) in [6.07, 6.45) is 0. The van der Waals surface area contributed by atoms with Gasteiger partial charge in [0.05, 0.1) is 16.4 Å². The first-order chi connectivity index (χ1) is 9.93. The molecule has 2 N–H and O–H groups in total. The molecule has 0 unspecified atom stereocenters. The van der Waals surface area contributed by atoms with Crippen molar-refractivity contribution in [3.05, 3.63) is 45.2 Å². The van der Waals surface area contributed by atoms with E-state index in [1.54, 1.807) is 6.07 Å². The highest BCUT2D eigenvalue weighted by Crippen LogP contribution is 2.29. The van der Waals surface area contributed by atoms with Gasteiger partial charge >= 0.3 is 0 Å². The van der Waals surface area contributed by atoms with Crippen LogP contribution in [0.2, 0.25) is 10.0 Å². The largest absolute Gasteiger partial charge is 0.487 e. The van der Waals surface area contributed by atoms with Crippen molar-refractivity contribution in [2.75, 3.05) is 0 Å². The number of ether oxygens (including phenoxy) is 1. The summed E-state index contributed by atoms with van der Waals surface area (Å²) >= 11 is 12.3. The molecule has 0 aliphatic carbocycles. The highest BCUT2D eigenvalue weighted by Gasteiger charge is 2.15. The Morgan fingerprint density at radius 2 is 2.10 bits per heavy atom. The summed E-state index contributed by atoms with van der Waals surface area (Å²) in [5.74, 6) is 0.715. The molecule has 0 aliphatic rings. The van der Waals surface area contributed by atoms with Crippen molar-refractivity contribution in [3.8, 4) is 5.75 Å². The van der Waals surface area contributed by atoms with E-state index >= 15 is 0 Å². The van der Waals surface area contributed by atoms with E-state index in [4.69, 9.17) is 33.7 Å². The quantitative estimate of drug-likeness (QED) is 0.898. The summed E-state index contributed by atoms with van der Waals surface area (Å²) in [6, 6.07) is 5.28. The van der Waals surface area contributed by atoms with Crippen molar-refractivity contribution in [3.63, 3.8) is 0 Å². The topological polar surface area (TPSA) is 53.1 Å². The zero-order valence-electron chi connectivity index (χ0n) is 12.4. The number of halogens is 2. The number of rotatable bonds is 5. The minimum absolute atomic E-state index is 0.160. The number of aromatic nitrogens is 2. The first kappa shape index (κ1) is 16.1. The second kappa shape index (κ2) is 6.69. The molecule has 1 heterocycles. The van der Waals surface area contributed by atoms with Gasteiger partial charge in [-0.25, -0.2) is 0 Å². The van der Waals surface area contributed by atoms with Crippen LogP contribution in [-0.4, -0.2) is 9.78 Å². The summed E-state index contributed by atoms with van der Waals surface area (Å²) < 4.78 is 7.74. The SMILES string of the molecule is CCn1nc(C)c(Cl)c1COc1ccc(Cl)cc1[C@@H](C)N. The van der Waals surface area contributed by atoms with Gasteiger partial charge in [0, 0.05) is 23.2 Å². The second-order valence-electron chi connectivity index (χ2n) is 4.92. The molecule has 0 saturated heterocycles. The molecule has 114 valence electrons. The van der Waals surface area contributed by atoms with Gasteiger partial charge in [-0.2, -0.15) is 5.10 Å². The van der Waals surface area contributed by atoms with Crippen molar-refractivity contribution in [2.45, 2.75) is 40.0 Å². The number of nitrogens with zero attached hydrogens (tertiary/aromatic N) is 2. The van der Waals surface area contributed by atoms with Crippen LogP contribution in [0.15, 0.2) is 18.2 Å². The van der Waals surface area contributed by atoms with Crippen LogP contribution in [0.25, 0.3) is 0 Å². The van der Waals surface area contributed by atoms with Crippen LogP contribution >= 0.6 is 23.2 Å². The highest BCUT2D eigenvalue weighted by molar-refractivity contribution is 6.31. The Morgan fingerprint density at radius 1 is 1.38 bits per heavy atom. The van der Waals surface area contributed by atoms with E-state index in [-0.39, 0.29) is 6.04 Å². The average molecular weight is 328 g/mol. The third-order valence-corrected chi connectivity index (χ3v) is 4.01. The smallest absolute Gasteiger partial charge is 0.131 e. The van der Waals surface area contributed by atoms with Crippen molar-refractivity contribution in [2.24, 2.45) is 5.73 Å². The number of benzene rings is 1. The van der Waals surface area contributed by atoms with Gasteiger partial charge in [-0.15, -0.1) is 0 Å².